The number of likely N-dealkylation sites (N-methyl/N-ethyl adjacent to an activating group) is 1. The van der Waals surface area contributed by atoms with E-state index >= 15 is 0 Å². The predicted molar refractivity (Wildman–Crippen MR) is 104 cm³/mol. The Labute approximate surface area is 161 Å². The van der Waals surface area contributed by atoms with Crippen LogP contribution in [0, 0.1) is 0 Å². The molecular formula is C20H28Cl2N2O. The molecule has 3 nitrogen and oxygen atoms in total. The highest BCUT2D eigenvalue weighted by molar-refractivity contribution is 6.42. The van der Waals surface area contributed by atoms with Gasteiger partial charge in [-0.25, -0.2) is 0 Å². The van der Waals surface area contributed by atoms with Crippen LogP contribution in [0.5, 0.6) is 0 Å². The van der Waals surface area contributed by atoms with E-state index in [4.69, 9.17) is 23.2 Å². The summed E-state index contributed by atoms with van der Waals surface area (Å²) in [5, 5.41) is 1.04. The maximum absolute atomic E-state index is 12.9. The molecule has 25 heavy (non-hydrogen) atoms. The van der Waals surface area contributed by atoms with Crippen molar-refractivity contribution in [3.8, 4) is 0 Å². The quantitative estimate of drug-likeness (QED) is 0.746. The molecule has 1 aliphatic heterocycles. The fourth-order valence-electron chi connectivity index (χ4n) is 4.35. The zero-order valence-corrected chi connectivity index (χ0v) is 16.5. The van der Waals surface area contributed by atoms with Gasteiger partial charge in [-0.05, 0) is 56.5 Å². The minimum absolute atomic E-state index is 0.173. The van der Waals surface area contributed by atoms with Crippen molar-refractivity contribution in [2.24, 2.45) is 0 Å². The fraction of sp³-hybridized carbons (Fsp3) is 0.650. The number of benzene rings is 1. The van der Waals surface area contributed by atoms with Crippen LogP contribution in [0.15, 0.2) is 18.2 Å². The smallest absolute Gasteiger partial charge is 0.227 e. The van der Waals surface area contributed by atoms with Gasteiger partial charge in [0.05, 0.1) is 16.5 Å². The molecule has 1 amide bonds. The average Bonchev–Trinajstić information content (AvgIpc) is 2.65. The Morgan fingerprint density at radius 3 is 2.52 bits per heavy atom. The summed E-state index contributed by atoms with van der Waals surface area (Å²) in [5.74, 6) is 0.173. The molecule has 1 aliphatic carbocycles. The Morgan fingerprint density at radius 1 is 1.08 bits per heavy atom. The number of piperidine rings is 1. The minimum atomic E-state index is 0.173. The van der Waals surface area contributed by atoms with Crippen LogP contribution in [0.4, 0.5) is 0 Å². The normalized spacial score (nSPS) is 24.9. The van der Waals surface area contributed by atoms with Crippen LogP contribution in [0.1, 0.15) is 50.5 Å². The maximum Gasteiger partial charge on any atom is 0.227 e. The number of nitrogens with zero attached hydrogens (tertiary/aromatic N) is 2. The van der Waals surface area contributed by atoms with Crippen LogP contribution in [0.25, 0.3) is 0 Å². The number of carbonyl (C=O) groups excluding carboxylic acids is 1. The Morgan fingerprint density at radius 2 is 1.80 bits per heavy atom. The van der Waals surface area contributed by atoms with Gasteiger partial charge in [-0.1, -0.05) is 48.5 Å². The molecule has 5 heteroatoms. The summed E-state index contributed by atoms with van der Waals surface area (Å²) in [6.45, 7) is 2.38. The summed E-state index contributed by atoms with van der Waals surface area (Å²) in [4.78, 5) is 17.5. The van der Waals surface area contributed by atoms with E-state index in [1.54, 1.807) is 12.1 Å². The maximum atomic E-state index is 12.9. The molecule has 138 valence electrons. The van der Waals surface area contributed by atoms with E-state index in [9.17, 15) is 4.79 Å². The lowest BCUT2D eigenvalue weighted by molar-refractivity contribution is -0.133. The largest absolute Gasteiger partial charge is 0.341 e. The van der Waals surface area contributed by atoms with Gasteiger partial charge in [-0.15, -0.1) is 0 Å². The van der Waals surface area contributed by atoms with Crippen molar-refractivity contribution in [1.82, 2.24) is 9.80 Å². The highest BCUT2D eigenvalue weighted by atomic mass is 35.5. The molecule has 1 aromatic rings. The van der Waals surface area contributed by atoms with E-state index < -0.39 is 0 Å². The van der Waals surface area contributed by atoms with Crippen LogP contribution >= 0.6 is 23.2 Å². The van der Waals surface area contributed by atoms with Gasteiger partial charge >= 0.3 is 0 Å². The van der Waals surface area contributed by atoms with E-state index in [0.29, 0.717) is 28.5 Å². The molecule has 0 bridgehead atoms. The second-order valence-corrected chi connectivity index (χ2v) is 8.26. The molecule has 1 aromatic carbocycles. The molecule has 0 N–H and O–H groups in total. The molecule has 0 radical (unpaired) electrons. The molecular weight excluding hydrogens is 355 g/mol. The van der Waals surface area contributed by atoms with Gasteiger partial charge in [-0.2, -0.15) is 0 Å². The monoisotopic (exact) mass is 382 g/mol. The van der Waals surface area contributed by atoms with Crippen molar-refractivity contribution < 1.29 is 4.79 Å². The van der Waals surface area contributed by atoms with Gasteiger partial charge in [0, 0.05) is 19.1 Å². The van der Waals surface area contributed by atoms with Crippen LogP contribution < -0.4 is 0 Å². The van der Waals surface area contributed by atoms with Crippen LogP contribution in [0.3, 0.4) is 0 Å². The number of halogens is 2. The number of hydrogen-bond acceptors (Lipinski definition) is 2. The van der Waals surface area contributed by atoms with Crippen molar-refractivity contribution in [2.45, 2.75) is 63.5 Å². The zero-order chi connectivity index (χ0) is 17.8. The molecule has 2 atom stereocenters. The molecule has 1 saturated carbocycles. The number of hydrogen-bond donors (Lipinski definition) is 0. The molecule has 3 rings (SSSR count). The Hall–Kier alpha value is -0.770. The first-order valence-electron chi connectivity index (χ1n) is 9.50. The second kappa shape index (κ2) is 8.75. The van der Waals surface area contributed by atoms with Gasteiger partial charge in [0.15, 0.2) is 0 Å². The number of likely N-dealkylation sites (tertiary alicyclic amines) is 1. The Bertz CT molecular complexity index is 601. The van der Waals surface area contributed by atoms with Gasteiger partial charge in [0.1, 0.15) is 0 Å². The Balaban J connectivity index is 1.67. The van der Waals surface area contributed by atoms with Gasteiger partial charge in [0.25, 0.3) is 0 Å². The van der Waals surface area contributed by atoms with Crippen molar-refractivity contribution in [3.05, 3.63) is 33.8 Å². The third-order valence-corrected chi connectivity index (χ3v) is 6.52. The molecule has 1 saturated heterocycles. The van der Waals surface area contributed by atoms with Crippen molar-refractivity contribution in [2.75, 3.05) is 20.1 Å². The molecule has 2 aliphatic rings. The Kier molecular flexibility index (Phi) is 6.65. The lowest BCUT2D eigenvalue weighted by Gasteiger charge is -2.45. The summed E-state index contributed by atoms with van der Waals surface area (Å²) >= 11 is 12.1. The second-order valence-electron chi connectivity index (χ2n) is 7.45. The average molecular weight is 383 g/mol. The van der Waals surface area contributed by atoms with Gasteiger partial charge in [0.2, 0.25) is 5.91 Å². The SMILES string of the molecule is CN(C(=O)Cc1ccc(Cl)c(Cl)c1)[C@@H]1CCCC[C@H]1N1CCCCC1. The molecule has 0 unspecified atom stereocenters. The first-order valence-corrected chi connectivity index (χ1v) is 10.3. The van der Waals surface area contributed by atoms with Crippen LogP contribution in [0.2, 0.25) is 10.0 Å². The summed E-state index contributed by atoms with van der Waals surface area (Å²) in [7, 11) is 1.98. The van der Waals surface area contributed by atoms with Crippen molar-refractivity contribution in [1.29, 1.82) is 0 Å². The van der Waals surface area contributed by atoms with E-state index in [1.165, 1.54) is 51.6 Å². The van der Waals surface area contributed by atoms with Gasteiger partial charge < -0.3 is 4.90 Å². The van der Waals surface area contributed by atoms with E-state index in [1.807, 2.05) is 18.0 Å². The highest BCUT2D eigenvalue weighted by Gasteiger charge is 2.34. The first-order chi connectivity index (χ1) is 12.1. The molecule has 0 spiro atoms. The lowest BCUT2D eigenvalue weighted by atomic mass is 9.87. The molecule has 2 fully saturated rings. The van der Waals surface area contributed by atoms with Crippen molar-refractivity contribution in [3.63, 3.8) is 0 Å². The zero-order valence-electron chi connectivity index (χ0n) is 15.0. The number of amides is 1. The number of carbonyl (C=O) groups is 1. The fourth-order valence-corrected chi connectivity index (χ4v) is 4.67. The van der Waals surface area contributed by atoms with Crippen LogP contribution in [-0.4, -0.2) is 47.9 Å². The predicted octanol–water partition coefficient (Wildman–Crippen LogP) is 4.79. The van der Waals surface area contributed by atoms with E-state index in [-0.39, 0.29) is 5.91 Å². The standard InChI is InChI=1S/C20H28Cl2N2O/c1-23(20(25)14-15-9-10-16(21)17(22)13-15)18-7-3-4-8-19(18)24-11-5-2-6-12-24/h9-10,13,18-19H,2-8,11-12,14H2,1H3/t18-,19-/m1/s1. The topological polar surface area (TPSA) is 23.6 Å². The molecule has 0 aromatic heterocycles. The lowest BCUT2D eigenvalue weighted by Crippen LogP contribution is -2.55. The minimum Gasteiger partial charge on any atom is -0.341 e. The van der Waals surface area contributed by atoms with Gasteiger partial charge in [-0.3, -0.25) is 9.69 Å². The summed E-state index contributed by atoms with van der Waals surface area (Å²) in [6.07, 6.45) is 9.16. The van der Waals surface area contributed by atoms with Crippen molar-refractivity contribution >= 4 is 29.1 Å². The van der Waals surface area contributed by atoms with E-state index in [0.717, 1.165) is 12.0 Å². The van der Waals surface area contributed by atoms with E-state index in [2.05, 4.69) is 4.90 Å². The highest BCUT2D eigenvalue weighted by Crippen LogP contribution is 2.29. The third kappa shape index (κ3) is 4.69. The summed E-state index contributed by atoms with van der Waals surface area (Å²) in [5.41, 5.74) is 0.927. The summed E-state index contributed by atoms with van der Waals surface area (Å²) < 4.78 is 0. The third-order valence-electron chi connectivity index (χ3n) is 5.78. The first kappa shape index (κ1) is 19.0. The molecule has 1 heterocycles. The number of rotatable bonds is 4. The summed E-state index contributed by atoms with van der Waals surface area (Å²) in [6, 6.07) is 6.32. The van der Waals surface area contributed by atoms with Crippen LogP contribution in [-0.2, 0) is 11.2 Å².